The van der Waals surface area contributed by atoms with Crippen LogP contribution >= 0.6 is 15.9 Å². The third-order valence-electron chi connectivity index (χ3n) is 2.69. The van der Waals surface area contributed by atoms with E-state index in [1.165, 1.54) is 12.1 Å². The first kappa shape index (κ1) is 13.5. The van der Waals surface area contributed by atoms with Crippen LogP contribution in [0.4, 0.5) is 4.39 Å². The SMILES string of the molecule is CCc1c(O)n(-c2ccc(Br)c(F)c2)c(=O)[nH]c1=O. The molecule has 0 amide bonds. The molecule has 0 radical (unpaired) electrons. The second-order valence-electron chi connectivity index (χ2n) is 3.85. The summed E-state index contributed by atoms with van der Waals surface area (Å²) < 4.78 is 14.6. The summed E-state index contributed by atoms with van der Waals surface area (Å²) in [6, 6.07) is 3.95. The molecular formula is C12H10BrFN2O3. The van der Waals surface area contributed by atoms with Gasteiger partial charge in [-0.3, -0.25) is 9.78 Å². The van der Waals surface area contributed by atoms with Crippen LogP contribution in [0.25, 0.3) is 5.69 Å². The first-order valence-corrected chi connectivity index (χ1v) is 6.27. The monoisotopic (exact) mass is 328 g/mol. The van der Waals surface area contributed by atoms with Crippen LogP contribution in [0.5, 0.6) is 5.88 Å². The van der Waals surface area contributed by atoms with Gasteiger partial charge in [-0.1, -0.05) is 6.92 Å². The van der Waals surface area contributed by atoms with E-state index in [4.69, 9.17) is 0 Å². The topological polar surface area (TPSA) is 75.1 Å². The number of halogens is 2. The van der Waals surface area contributed by atoms with Crippen molar-refractivity contribution < 1.29 is 9.50 Å². The predicted octanol–water partition coefficient (Wildman–Crippen LogP) is 1.70. The molecule has 0 aliphatic heterocycles. The van der Waals surface area contributed by atoms with Crippen LogP contribution in [0, 0.1) is 5.82 Å². The molecule has 0 aliphatic carbocycles. The van der Waals surface area contributed by atoms with Gasteiger partial charge in [-0.25, -0.2) is 13.8 Å². The Kier molecular flexibility index (Phi) is 3.57. The molecule has 2 aromatic rings. The molecule has 0 atom stereocenters. The lowest BCUT2D eigenvalue weighted by molar-refractivity contribution is 0.423. The molecule has 2 rings (SSSR count). The van der Waals surface area contributed by atoms with Crippen LogP contribution < -0.4 is 11.2 Å². The molecule has 0 fully saturated rings. The summed E-state index contributed by atoms with van der Waals surface area (Å²) in [6.07, 6.45) is 0.250. The van der Waals surface area contributed by atoms with E-state index in [0.29, 0.717) is 0 Å². The zero-order valence-corrected chi connectivity index (χ0v) is 11.5. The predicted molar refractivity (Wildman–Crippen MR) is 71.4 cm³/mol. The van der Waals surface area contributed by atoms with Crippen LogP contribution in [0.1, 0.15) is 12.5 Å². The molecule has 100 valence electrons. The minimum Gasteiger partial charge on any atom is -0.494 e. The number of nitrogens with one attached hydrogen (secondary N) is 1. The number of nitrogens with zero attached hydrogens (tertiary/aromatic N) is 1. The Morgan fingerprint density at radius 1 is 1.42 bits per heavy atom. The maximum absolute atomic E-state index is 13.5. The molecule has 5 nitrogen and oxygen atoms in total. The maximum Gasteiger partial charge on any atom is 0.335 e. The van der Waals surface area contributed by atoms with Crippen molar-refractivity contribution in [2.45, 2.75) is 13.3 Å². The summed E-state index contributed by atoms with van der Waals surface area (Å²) in [6.45, 7) is 1.67. The number of hydrogen-bond donors (Lipinski definition) is 2. The van der Waals surface area contributed by atoms with Crippen LogP contribution in [0.15, 0.2) is 32.3 Å². The normalized spacial score (nSPS) is 10.7. The van der Waals surface area contributed by atoms with Gasteiger partial charge in [-0.15, -0.1) is 0 Å². The van der Waals surface area contributed by atoms with Crippen LogP contribution in [0.2, 0.25) is 0 Å². The van der Waals surface area contributed by atoms with Crippen molar-refractivity contribution in [3.8, 4) is 11.6 Å². The Bertz CT molecular complexity index is 752. The van der Waals surface area contributed by atoms with E-state index in [1.807, 2.05) is 0 Å². The highest BCUT2D eigenvalue weighted by Gasteiger charge is 2.14. The van der Waals surface area contributed by atoms with Crippen molar-refractivity contribution in [2.24, 2.45) is 0 Å². The molecule has 0 spiro atoms. The standard InChI is InChI=1S/C12H10BrFN2O3/c1-2-7-10(17)15-12(19)16(11(7)18)6-3-4-8(13)9(14)5-6/h3-5,18H,2H2,1H3,(H,15,17,19). The summed E-state index contributed by atoms with van der Waals surface area (Å²) in [4.78, 5) is 25.3. The van der Waals surface area contributed by atoms with E-state index in [9.17, 15) is 19.1 Å². The Labute approximate surface area is 115 Å². The summed E-state index contributed by atoms with van der Waals surface area (Å²) in [5.41, 5.74) is -1.25. The lowest BCUT2D eigenvalue weighted by atomic mass is 10.2. The van der Waals surface area contributed by atoms with E-state index in [0.717, 1.165) is 10.6 Å². The molecule has 2 N–H and O–H groups in total. The summed E-state index contributed by atoms with van der Waals surface area (Å²) in [5, 5.41) is 9.97. The van der Waals surface area contributed by atoms with Crippen molar-refractivity contribution >= 4 is 15.9 Å². The van der Waals surface area contributed by atoms with E-state index in [1.54, 1.807) is 6.92 Å². The quantitative estimate of drug-likeness (QED) is 0.881. The molecular weight excluding hydrogens is 319 g/mol. The molecule has 7 heteroatoms. The highest BCUT2D eigenvalue weighted by atomic mass is 79.9. The molecule has 1 aromatic heterocycles. The summed E-state index contributed by atoms with van der Waals surface area (Å²) in [7, 11) is 0. The fraction of sp³-hybridized carbons (Fsp3) is 0.167. The Morgan fingerprint density at radius 3 is 2.68 bits per heavy atom. The van der Waals surface area contributed by atoms with Gasteiger partial charge in [-0.05, 0) is 40.5 Å². The Balaban J connectivity index is 2.78. The smallest absolute Gasteiger partial charge is 0.335 e. The first-order chi connectivity index (χ1) is 8.95. The van der Waals surface area contributed by atoms with Crippen molar-refractivity contribution in [1.29, 1.82) is 0 Å². The third kappa shape index (κ3) is 2.33. The van der Waals surface area contributed by atoms with Gasteiger partial charge in [0, 0.05) is 0 Å². The number of aromatic amines is 1. The van der Waals surface area contributed by atoms with Crippen molar-refractivity contribution in [1.82, 2.24) is 9.55 Å². The molecule has 0 aliphatic rings. The average molecular weight is 329 g/mol. The Hall–Kier alpha value is -1.89. The van der Waals surface area contributed by atoms with Crippen LogP contribution in [0.3, 0.4) is 0 Å². The van der Waals surface area contributed by atoms with E-state index in [-0.39, 0.29) is 22.1 Å². The summed E-state index contributed by atoms with van der Waals surface area (Å²) in [5.74, 6) is -1.05. The second-order valence-corrected chi connectivity index (χ2v) is 4.70. The molecule has 0 unspecified atom stereocenters. The van der Waals surface area contributed by atoms with E-state index < -0.39 is 22.9 Å². The number of H-pyrrole nitrogens is 1. The van der Waals surface area contributed by atoms with Crippen molar-refractivity contribution in [3.63, 3.8) is 0 Å². The summed E-state index contributed by atoms with van der Waals surface area (Å²) >= 11 is 3.00. The van der Waals surface area contributed by atoms with Gasteiger partial charge in [0.15, 0.2) is 0 Å². The van der Waals surface area contributed by atoms with Gasteiger partial charge in [0.25, 0.3) is 5.56 Å². The second kappa shape index (κ2) is 5.00. The lowest BCUT2D eigenvalue weighted by Crippen LogP contribution is -2.31. The van der Waals surface area contributed by atoms with Crippen LogP contribution in [-0.2, 0) is 6.42 Å². The minimum absolute atomic E-state index is 0.0722. The molecule has 0 saturated heterocycles. The zero-order valence-electron chi connectivity index (χ0n) is 9.91. The highest BCUT2D eigenvalue weighted by molar-refractivity contribution is 9.10. The van der Waals surface area contributed by atoms with Gasteiger partial charge >= 0.3 is 5.69 Å². The van der Waals surface area contributed by atoms with Gasteiger partial charge < -0.3 is 5.11 Å². The van der Waals surface area contributed by atoms with E-state index >= 15 is 0 Å². The average Bonchev–Trinajstić information content (AvgIpc) is 2.33. The molecule has 19 heavy (non-hydrogen) atoms. The first-order valence-electron chi connectivity index (χ1n) is 5.48. The fourth-order valence-electron chi connectivity index (χ4n) is 1.74. The van der Waals surface area contributed by atoms with Gasteiger partial charge in [-0.2, -0.15) is 0 Å². The zero-order chi connectivity index (χ0) is 14.2. The molecule has 1 heterocycles. The lowest BCUT2D eigenvalue weighted by Gasteiger charge is -2.10. The van der Waals surface area contributed by atoms with Crippen LogP contribution in [-0.4, -0.2) is 14.7 Å². The number of rotatable bonds is 2. The molecule has 1 aromatic carbocycles. The fourth-order valence-corrected chi connectivity index (χ4v) is 1.99. The Morgan fingerprint density at radius 2 is 2.11 bits per heavy atom. The van der Waals surface area contributed by atoms with E-state index in [2.05, 4.69) is 20.9 Å². The third-order valence-corrected chi connectivity index (χ3v) is 3.34. The number of benzene rings is 1. The van der Waals surface area contributed by atoms with Gasteiger partial charge in [0.05, 0.1) is 15.7 Å². The number of aromatic nitrogens is 2. The van der Waals surface area contributed by atoms with Gasteiger partial charge in [0.1, 0.15) is 5.82 Å². The van der Waals surface area contributed by atoms with Crippen molar-refractivity contribution in [2.75, 3.05) is 0 Å². The molecule has 0 saturated carbocycles. The number of aromatic hydroxyl groups is 1. The highest BCUT2D eigenvalue weighted by Crippen LogP contribution is 2.21. The minimum atomic E-state index is -0.818. The number of hydrogen-bond acceptors (Lipinski definition) is 3. The largest absolute Gasteiger partial charge is 0.494 e. The molecule has 0 bridgehead atoms. The van der Waals surface area contributed by atoms with Crippen molar-refractivity contribution in [3.05, 3.63) is 54.9 Å². The maximum atomic E-state index is 13.5. The van der Waals surface area contributed by atoms with Gasteiger partial charge in [0.2, 0.25) is 5.88 Å².